The van der Waals surface area contributed by atoms with Gasteiger partial charge in [-0.15, -0.1) is 0 Å². The van der Waals surface area contributed by atoms with Gasteiger partial charge in [-0.05, 0) is 30.7 Å². The van der Waals surface area contributed by atoms with E-state index in [2.05, 4.69) is 4.18 Å². The number of aryl methyl sites for hydroxylation is 1. The van der Waals surface area contributed by atoms with Crippen molar-refractivity contribution in [2.24, 2.45) is 5.73 Å². The Morgan fingerprint density at radius 1 is 1.33 bits per heavy atom. The summed E-state index contributed by atoms with van der Waals surface area (Å²) in [5.74, 6) is -0.539. The first-order valence-electron chi connectivity index (χ1n) is 4.09. The van der Waals surface area contributed by atoms with E-state index in [9.17, 15) is 13.2 Å². The summed E-state index contributed by atoms with van der Waals surface area (Å²) in [7, 11) is -3.59. The maximum Gasteiger partial charge on any atom is 0.306 e. The molecule has 5 nitrogen and oxygen atoms in total. The molecule has 0 spiro atoms. The maximum atomic E-state index is 10.9. The summed E-state index contributed by atoms with van der Waals surface area (Å²) in [5, 5.41) is 0. The minimum atomic E-state index is -3.59. The lowest BCUT2D eigenvalue weighted by atomic mass is 10.1. The second kappa shape index (κ2) is 3.90. The first kappa shape index (κ1) is 11.5. The van der Waals surface area contributed by atoms with Gasteiger partial charge in [-0.2, -0.15) is 8.42 Å². The summed E-state index contributed by atoms with van der Waals surface area (Å²) in [6, 6.07) is 4.35. The number of hydrogen-bond acceptors (Lipinski definition) is 4. The molecule has 0 aliphatic heterocycles. The van der Waals surface area contributed by atoms with Gasteiger partial charge in [-0.25, -0.2) is 0 Å². The van der Waals surface area contributed by atoms with Gasteiger partial charge in [0.25, 0.3) is 0 Å². The number of primary amides is 1. The van der Waals surface area contributed by atoms with Crippen LogP contribution in [-0.4, -0.2) is 20.6 Å². The number of nitrogens with two attached hydrogens (primary N) is 1. The predicted molar refractivity (Wildman–Crippen MR) is 55.2 cm³/mol. The van der Waals surface area contributed by atoms with Crippen LogP contribution in [0.25, 0.3) is 0 Å². The van der Waals surface area contributed by atoms with Crippen LogP contribution >= 0.6 is 0 Å². The first-order chi connectivity index (χ1) is 6.78. The molecule has 0 radical (unpaired) electrons. The van der Waals surface area contributed by atoms with Gasteiger partial charge in [0.2, 0.25) is 5.91 Å². The molecule has 0 saturated heterocycles. The van der Waals surface area contributed by atoms with E-state index in [1.54, 1.807) is 13.0 Å². The molecular weight excluding hydrogens is 218 g/mol. The van der Waals surface area contributed by atoms with Crippen LogP contribution in [0.4, 0.5) is 0 Å². The van der Waals surface area contributed by atoms with Crippen molar-refractivity contribution in [2.75, 3.05) is 6.26 Å². The van der Waals surface area contributed by atoms with Gasteiger partial charge in [0, 0.05) is 5.56 Å². The fourth-order valence-electron chi connectivity index (χ4n) is 1.11. The Hall–Kier alpha value is -1.56. The van der Waals surface area contributed by atoms with Gasteiger partial charge in [0.1, 0.15) is 5.75 Å². The first-order valence-corrected chi connectivity index (χ1v) is 5.90. The van der Waals surface area contributed by atoms with Gasteiger partial charge < -0.3 is 9.92 Å². The Balaban J connectivity index is 3.15. The average molecular weight is 229 g/mol. The zero-order valence-corrected chi connectivity index (χ0v) is 9.17. The highest BCUT2D eigenvalue weighted by molar-refractivity contribution is 7.86. The van der Waals surface area contributed by atoms with Crippen molar-refractivity contribution >= 4 is 16.0 Å². The molecule has 6 heteroatoms. The summed E-state index contributed by atoms with van der Waals surface area (Å²) in [5.41, 5.74) is 5.99. The zero-order chi connectivity index (χ0) is 11.6. The molecule has 1 aromatic carbocycles. The Morgan fingerprint density at radius 3 is 2.40 bits per heavy atom. The van der Waals surface area contributed by atoms with Crippen molar-refractivity contribution in [3.8, 4) is 5.75 Å². The predicted octanol–water partition coefficient (Wildman–Crippen LogP) is 0.432. The van der Waals surface area contributed by atoms with E-state index < -0.39 is 16.0 Å². The minimum Gasteiger partial charge on any atom is -0.383 e. The van der Waals surface area contributed by atoms with E-state index >= 15 is 0 Å². The Morgan fingerprint density at radius 2 is 1.93 bits per heavy atom. The molecule has 0 saturated carbocycles. The van der Waals surface area contributed by atoms with E-state index in [1.807, 2.05) is 0 Å². The molecule has 0 aliphatic carbocycles. The van der Waals surface area contributed by atoms with Gasteiger partial charge in [-0.3, -0.25) is 4.79 Å². The lowest BCUT2D eigenvalue weighted by Crippen LogP contribution is -2.12. The Bertz CT molecular complexity index is 493. The van der Waals surface area contributed by atoms with Crippen LogP contribution in [-0.2, 0) is 10.1 Å². The minimum absolute atomic E-state index is 0.0892. The zero-order valence-electron chi connectivity index (χ0n) is 8.35. The van der Waals surface area contributed by atoms with Crippen LogP contribution in [0, 0.1) is 6.92 Å². The highest BCUT2D eigenvalue weighted by Gasteiger charge is 2.08. The molecule has 82 valence electrons. The fraction of sp³-hybridized carbons (Fsp3) is 0.222. The highest BCUT2D eigenvalue weighted by atomic mass is 32.2. The fourth-order valence-corrected chi connectivity index (χ4v) is 1.56. The monoisotopic (exact) mass is 229 g/mol. The number of carbonyl (C=O) groups excluding carboxylic acids is 1. The normalized spacial score (nSPS) is 11.1. The standard InChI is InChI=1S/C9H11NO4S/c1-6-3-7(9(10)11)5-8(4-6)14-15(2,12)13/h3-5H,1-2H3,(H2,10,11). The molecule has 0 unspecified atom stereocenters. The summed E-state index contributed by atoms with van der Waals surface area (Å²) in [6.45, 7) is 1.71. The lowest BCUT2D eigenvalue weighted by molar-refractivity contribution is 0.1000. The van der Waals surface area contributed by atoms with Crippen molar-refractivity contribution < 1.29 is 17.4 Å². The number of carbonyl (C=O) groups is 1. The Labute approximate surface area is 88.0 Å². The molecule has 0 aliphatic rings. The highest BCUT2D eigenvalue weighted by Crippen LogP contribution is 2.17. The third-order valence-corrected chi connectivity index (χ3v) is 2.08. The number of hydrogen-bond donors (Lipinski definition) is 1. The van der Waals surface area contributed by atoms with Crippen molar-refractivity contribution in [2.45, 2.75) is 6.92 Å². The summed E-state index contributed by atoms with van der Waals surface area (Å²) < 4.78 is 26.3. The van der Waals surface area contributed by atoms with E-state index in [-0.39, 0.29) is 11.3 Å². The molecule has 0 bridgehead atoms. The maximum absolute atomic E-state index is 10.9. The van der Waals surface area contributed by atoms with Crippen molar-refractivity contribution in [1.82, 2.24) is 0 Å². The number of benzene rings is 1. The molecule has 1 amide bonds. The summed E-state index contributed by atoms with van der Waals surface area (Å²) >= 11 is 0. The molecule has 0 fully saturated rings. The second-order valence-corrected chi connectivity index (χ2v) is 4.76. The van der Waals surface area contributed by atoms with Crippen LogP contribution in [0.15, 0.2) is 18.2 Å². The van der Waals surface area contributed by atoms with E-state index in [0.717, 1.165) is 6.26 Å². The molecule has 0 atom stereocenters. The third kappa shape index (κ3) is 3.59. The summed E-state index contributed by atoms with van der Waals surface area (Å²) in [6.07, 6.45) is 0.930. The lowest BCUT2D eigenvalue weighted by Gasteiger charge is -2.05. The van der Waals surface area contributed by atoms with Crippen molar-refractivity contribution in [1.29, 1.82) is 0 Å². The van der Waals surface area contributed by atoms with Crippen LogP contribution in [0.2, 0.25) is 0 Å². The topological polar surface area (TPSA) is 86.5 Å². The van der Waals surface area contributed by atoms with Crippen LogP contribution in [0.5, 0.6) is 5.75 Å². The van der Waals surface area contributed by atoms with Gasteiger partial charge >= 0.3 is 10.1 Å². The van der Waals surface area contributed by atoms with Crippen molar-refractivity contribution in [3.63, 3.8) is 0 Å². The number of rotatable bonds is 3. The van der Waals surface area contributed by atoms with Crippen LogP contribution in [0.1, 0.15) is 15.9 Å². The molecule has 15 heavy (non-hydrogen) atoms. The molecule has 0 aromatic heterocycles. The molecule has 2 N–H and O–H groups in total. The van der Waals surface area contributed by atoms with Gasteiger partial charge in [-0.1, -0.05) is 0 Å². The SMILES string of the molecule is Cc1cc(OS(C)(=O)=O)cc(C(N)=O)c1. The van der Waals surface area contributed by atoms with Crippen LogP contribution in [0.3, 0.4) is 0 Å². The number of amides is 1. The van der Waals surface area contributed by atoms with Crippen LogP contribution < -0.4 is 9.92 Å². The van der Waals surface area contributed by atoms with Crippen molar-refractivity contribution in [3.05, 3.63) is 29.3 Å². The molecular formula is C9H11NO4S. The Kier molecular flexibility index (Phi) is 2.99. The van der Waals surface area contributed by atoms with E-state index in [0.29, 0.717) is 5.56 Å². The molecule has 1 aromatic rings. The molecule has 1 rings (SSSR count). The van der Waals surface area contributed by atoms with Gasteiger partial charge in [0.15, 0.2) is 0 Å². The van der Waals surface area contributed by atoms with E-state index in [1.165, 1.54) is 12.1 Å². The largest absolute Gasteiger partial charge is 0.383 e. The van der Waals surface area contributed by atoms with Gasteiger partial charge in [0.05, 0.1) is 6.26 Å². The quantitative estimate of drug-likeness (QED) is 0.761. The molecule has 0 heterocycles. The van der Waals surface area contributed by atoms with E-state index in [4.69, 9.17) is 5.73 Å². The average Bonchev–Trinajstić information content (AvgIpc) is 1.99. The smallest absolute Gasteiger partial charge is 0.306 e. The third-order valence-electron chi connectivity index (χ3n) is 1.58. The summed E-state index contributed by atoms with van der Waals surface area (Å²) in [4.78, 5) is 10.9. The second-order valence-electron chi connectivity index (χ2n) is 3.19.